The summed E-state index contributed by atoms with van der Waals surface area (Å²) in [4.78, 5) is 2.56. The van der Waals surface area contributed by atoms with E-state index in [1.807, 2.05) is 0 Å². The first-order valence-corrected chi connectivity index (χ1v) is 6.26. The van der Waals surface area contributed by atoms with Crippen LogP contribution in [0.1, 0.15) is 39.0 Å². The summed E-state index contributed by atoms with van der Waals surface area (Å²) in [5.74, 6) is 0. The third-order valence-electron chi connectivity index (χ3n) is 4.38. The maximum Gasteiger partial charge on any atom is 0.0697 e. The van der Waals surface area contributed by atoms with Crippen LogP contribution in [0.3, 0.4) is 0 Å². The molecule has 86 valence electrons. The molecule has 0 radical (unpaired) electrons. The molecule has 2 aliphatic heterocycles. The van der Waals surface area contributed by atoms with Crippen molar-refractivity contribution in [2.24, 2.45) is 5.73 Å². The van der Waals surface area contributed by atoms with E-state index in [4.69, 9.17) is 10.5 Å². The van der Waals surface area contributed by atoms with E-state index in [1.54, 1.807) is 0 Å². The van der Waals surface area contributed by atoms with Crippen molar-refractivity contribution in [3.8, 4) is 0 Å². The quantitative estimate of drug-likeness (QED) is 0.705. The normalized spacial score (nSPS) is 38.4. The van der Waals surface area contributed by atoms with E-state index in [0.717, 1.165) is 25.7 Å². The fourth-order valence-corrected chi connectivity index (χ4v) is 3.37. The average Bonchev–Trinajstić information content (AvgIpc) is 2.12. The third-order valence-corrected chi connectivity index (χ3v) is 4.38. The minimum absolute atomic E-state index is 0.0745. The molecule has 1 unspecified atom stereocenters. The first-order valence-electron chi connectivity index (χ1n) is 6.26. The van der Waals surface area contributed by atoms with Crippen molar-refractivity contribution in [2.45, 2.75) is 56.2 Å². The Bertz CT molecular complexity index is 252. The minimum atomic E-state index is 0.0745. The zero-order chi connectivity index (χ0) is 10.5. The SMILES string of the molecule is CC1(N)CN(C2CCOC3(CCC3)C2)C1. The molecule has 0 amide bonds. The molecule has 1 saturated carbocycles. The van der Waals surface area contributed by atoms with Crippen molar-refractivity contribution in [2.75, 3.05) is 19.7 Å². The van der Waals surface area contributed by atoms with Crippen LogP contribution < -0.4 is 5.73 Å². The van der Waals surface area contributed by atoms with E-state index in [2.05, 4.69) is 11.8 Å². The van der Waals surface area contributed by atoms with Crippen LogP contribution in [0.2, 0.25) is 0 Å². The molecule has 1 spiro atoms. The van der Waals surface area contributed by atoms with Crippen LogP contribution in [-0.2, 0) is 4.74 Å². The fraction of sp³-hybridized carbons (Fsp3) is 1.00. The van der Waals surface area contributed by atoms with Gasteiger partial charge >= 0.3 is 0 Å². The predicted molar refractivity (Wildman–Crippen MR) is 59.7 cm³/mol. The van der Waals surface area contributed by atoms with Crippen LogP contribution in [0, 0.1) is 0 Å². The van der Waals surface area contributed by atoms with Crippen molar-refractivity contribution in [3.05, 3.63) is 0 Å². The Morgan fingerprint density at radius 1 is 1.33 bits per heavy atom. The van der Waals surface area contributed by atoms with Gasteiger partial charge in [-0.2, -0.15) is 0 Å². The van der Waals surface area contributed by atoms with Crippen molar-refractivity contribution < 1.29 is 4.74 Å². The summed E-state index contributed by atoms with van der Waals surface area (Å²) < 4.78 is 5.94. The molecule has 2 N–H and O–H groups in total. The number of nitrogens with zero attached hydrogens (tertiary/aromatic N) is 1. The van der Waals surface area contributed by atoms with Gasteiger partial charge in [0, 0.05) is 31.3 Å². The molecule has 3 aliphatic rings. The molecule has 1 atom stereocenters. The molecular formula is C12H22N2O. The topological polar surface area (TPSA) is 38.5 Å². The molecule has 0 aromatic rings. The summed E-state index contributed by atoms with van der Waals surface area (Å²) in [7, 11) is 0. The van der Waals surface area contributed by atoms with E-state index in [1.165, 1.54) is 32.1 Å². The number of likely N-dealkylation sites (tertiary alicyclic amines) is 1. The van der Waals surface area contributed by atoms with Gasteiger partial charge in [0.1, 0.15) is 0 Å². The van der Waals surface area contributed by atoms with E-state index >= 15 is 0 Å². The Kier molecular flexibility index (Phi) is 2.14. The van der Waals surface area contributed by atoms with Crippen molar-refractivity contribution >= 4 is 0 Å². The summed E-state index contributed by atoms with van der Waals surface area (Å²) in [5, 5.41) is 0. The highest BCUT2D eigenvalue weighted by Crippen LogP contribution is 2.44. The molecule has 3 nitrogen and oxygen atoms in total. The van der Waals surface area contributed by atoms with E-state index in [-0.39, 0.29) is 11.1 Å². The van der Waals surface area contributed by atoms with Crippen molar-refractivity contribution in [1.82, 2.24) is 4.90 Å². The number of hydrogen-bond donors (Lipinski definition) is 1. The molecule has 3 heteroatoms. The Hall–Kier alpha value is -0.120. The van der Waals surface area contributed by atoms with Crippen LogP contribution in [0.5, 0.6) is 0 Å². The zero-order valence-electron chi connectivity index (χ0n) is 9.67. The molecule has 3 rings (SSSR count). The van der Waals surface area contributed by atoms with E-state index in [9.17, 15) is 0 Å². The van der Waals surface area contributed by atoms with E-state index < -0.39 is 0 Å². The molecule has 2 saturated heterocycles. The molecule has 1 aliphatic carbocycles. The van der Waals surface area contributed by atoms with Gasteiger partial charge in [0.25, 0.3) is 0 Å². The summed E-state index contributed by atoms with van der Waals surface area (Å²) in [6.45, 7) is 5.27. The van der Waals surface area contributed by atoms with Crippen LogP contribution in [-0.4, -0.2) is 41.8 Å². The van der Waals surface area contributed by atoms with Crippen LogP contribution >= 0.6 is 0 Å². The van der Waals surface area contributed by atoms with Crippen molar-refractivity contribution in [3.63, 3.8) is 0 Å². The Morgan fingerprint density at radius 3 is 2.60 bits per heavy atom. The van der Waals surface area contributed by atoms with Crippen LogP contribution in [0.4, 0.5) is 0 Å². The molecule has 2 heterocycles. The van der Waals surface area contributed by atoms with Crippen LogP contribution in [0.25, 0.3) is 0 Å². The second-order valence-corrected chi connectivity index (χ2v) is 6.09. The van der Waals surface area contributed by atoms with Gasteiger partial charge in [-0.05, 0) is 39.0 Å². The first-order chi connectivity index (χ1) is 7.09. The lowest BCUT2D eigenvalue weighted by Crippen LogP contribution is -2.69. The predicted octanol–water partition coefficient (Wildman–Crippen LogP) is 1.12. The fourth-order valence-electron chi connectivity index (χ4n) is 3.37. The largest absolute Gasteiger partial charge is 0.375 e. The Labute approximate surface area is 91.9 Å². The monoisotopic (exact) mass is 210 g/mol. The summed E-state index contributed by atoms with van der Waals surface area (Å²) in [6.07, 6.45) is 6.40. The van der Waals surface area contributed by atoms with Gasteiger partial charge < -0.3 is 10.5 Å². The highest BCUT2D eigenvalue weighted by molar-refractivity contribution is 5.03. The highest BCUT2D eigenvalue weighted by Gasteiger charge is 2.47. The summed E-state index contributed by atoms with van der Waals surface area (Å²) in [5.41, 5.74) is 6.42. The van der Waals surface area contributed by atoms with Gasteiger partial charge in [-0.15, -0.1) is 0 Å². The molecule has 0 bridgehead atoms. The maximum atomic E-state index is 6.06. The van der Waals surface area contributed by atoms with E-state index in [0.29, 0.717) is 0 Å². The zero-order valence-corrected chi connectivity index (χ0v) is 9.67. The summed E-state index contributed by atoms with van der Waals surface area (Å²) in [6, 6.07) is 0.746. The summed E-state index contributed by atoms with van der Waals surface area (Å²) >= 11 is 0. The average molecular weight is 210 g/mol. The Morgan fingerprint density at radius 2 is 2.07 bits per heavy atom. The number of rotatable bonds is 1. The lowest BCUT2D eigenvalue weighted by Gasteiger charge is -2.55. The molecule has 15 heavy (non-hydrogen) atoms. The van der Waals surface area contributed by atoms with Crippen LogP contribution in [0.15, 0.2) is 0 Å². The smallest absolute Gasteiger partial charge is 0.0697 e. The maximum absolute atomic E-state index is 6.06. The van der Waals surface area contributed by atoms with Gasteiger partial charge in [-0.3, -0.25) is 4.90 Å². The Balaban J connectivity index is 1.58. The standard InChI is InChI=1S/C12H22N2O/c1-11(13)8-14(9-11)10-3-6-15-12(7-10)4-2-5-12/h10H,2-9,13H2,1H3. The highest BCUT2D eigenvalue weighted by atomic mass is 16.5. The number of hydrogen-bond acceptors (Lipinski definition) is 3. The lowest BCUT2D eigenvalue weighted by atomic mass is 9.73. The molecule has 0 aromatic carbocycles. The first kappa shape index (κ1) is 10.1. The molecule has 3 fully saturated rings. The molecular weight excluding hydrogens is 188 g/mol. The number of ether oxygens (including phenoxy) is 1. The van der Waals surface area contributed by atoms with Gasteiger partial charge in [0.15, 0.2) is 0 Å². The van der Waals surface area contributed by atoms with Gasteiger partial charge in [0.2, 0.25) is 0 Å². The minimum Gasteiger partial charge on any atom is -0.375 e. The second-order valence-electron chi connectivity index (χ2n) is 6.09. The molecule has 0 aromatic heterocycles. The van der Waals surface area contributed by atoms with Gasteiger partial charge in [-0.25, -0.2) is 0 Å². The van der Waals surface area contributed by atoms with Gasteiger partial charge in [0.05, 0.1) is 5.60 Å². The van der Waals surface area contributed by atoms with Gasteiger partial charge in [-0.1, -0.05) is 0 Å². The lowest BCUT2D eigenvalue weighted by molar-refractivity contribution is -0.158. The number of nitrogens with two attached hydrogens (primary N) is 1. The second kappa shape index (κ2) is 3.19. The third kappa shape index (κ3) is 1.71. The van der Waals surface area contributed by atoms with Crippen molar-refractivity contribution in [1.29, 1.82) is 0 Å².